The predicted molar refractivity (Wildman–Crippen MR) is 62.1 cm³/mol. The quantitative estimate of drug-likeness (QED) is 0.813. The maximum atomic E-state index is 5.94. The molecule has 0 saturated heterocycles. The molecule has 0 radical (unpaired) electrons. The Labute approximate surface area is 88.9 Å². The Morgan fingerprint density at radius 2 is 2.20 bits per heavy atom. The first kappa shape index (κ1) is 9.77. The van der Waals surface area contributed by atoms with E-state index < -0.39 is 0 Å². The molecule has 15 heavy (non-hydrogen) atoms. The van der Waals surface area contributed by atoms with Gasteiger partial charge in [0, 0.05) is 10.8 Å². The lowest BCUT2D eigenvalue weighted by Gasteiger charge is -2.09. The van der Waals surface area contributed by atoms with Crippen LogP contribution in [-0.4, -0.2) is 12.1 Å². The van der Waals surface area contributed by atoms with Gasteiger partial charge in [0.2, 0.25) is 5.88 Å². The van der Waals surface area contributed by atoms with Gasteiger partial charge in [-0.05, 0) is 18.1 Å². The zero-order chi connectivity index (χ0) is 10.8. The van der Waals surface area contributed by atoms with Gasteiger partial charge in [-0.2, -0.15) is 0 Å². The fourth-order valence-corrected chi connectivity index (χ4v) is 1.84. The Morgan fingerprint density at radius 1 is 1.40 bits per heavy atom. The second-order valence-electron chi connectivity index (χ2n) is 3.42. The number of nitrogens with zero attached hydrogens (tertiary/aromatic N) is 1. The lowest BCUT2D eigenvalue weighted by atomic mass is 10.0. The van der Waals surface area contributed by atoms with Gasteiger partial charge in [-0.15, -0.1) is 0 Å². The second kappa shape index (κ2) is 3.77. The highest BCUT2D eigenvalue weighted by Gasteiger charge is 2.08. The largest absolute Gasteiger partial charge is 0.481 e. The number of hydrogen-bond donors (Lipinski definition) is 1. The van der Waals surface area contributed by atoms with E-state index in [2.05, 4.69) is 18.0 Å². The molecule has 0 spiro atoms. The number of nitrogens with two attached hydrogens (primary N) is 1. The number of nitrogen functional groups attached to an aromatic ring is 1. The summed E-state index contributed by atoms with van der Waals surface area (Å²) in [7, 11) is 1.62. The summed E-state index contributed by atoms with van der Waals surface area (Å²) < 4.78 is 5.22. The predicted octanol–water partition coefficient (Wildman–Crippen LogP) is 2.39. The van der Waals surface area contributed by atoms with Crippen molar-refractivity contribution in [1.29, 1.82) is 0 Å². The fraction of sp³-hybridized carbons (Fsp3) is 0.250. The summed E-state index contributed by atoms with van der Waals surface area (Å²) in [6.45, 7) is 2.11. The molecule has 1 aromatic heterocycles. The van der Waals surface area contributed by atoms with E-state index in [-0.39, 0.29) is 0 Å². The average Bonchev–Trinajstić information content (AvgIpc) is 2.29. The number of pyridine rings is 1. The molecule has 0 amide bonds. The van der Waals surface area contributed by atoms with Gasteiger partial charge >= 0.3 is 0 Å². The molecule has 3 nitrogen and oxygen atoms in total. The van der Waals surface area contributed by atoms with Gasteiger partial charge in [-0.25, -0.2) is 4.98 Å². The van der Waals surface area contributed by atoms with Crippen molar-refractivity contribution in [2.24, 2.45) is 0 Å². The van der Waals surface area contributed by atoms with Crippen molar-refractivity contribution in [1.82, 2.24) is 4.98 Å². The number of rotatable bonds is 2. The first-order valence-electron chi connectivity index (χ1n) is 4.98. The first-order chi connectivity index (χ1) is 7.27. The van der Waals surface area contributed by atoms with E-state index >= 15 is 0 Å². The molecule has 1 heterocycles. The molecular formula is C12H14N2O. The number of anilines is 1. The van der Waals surface area contributed by atoms with E-state index in [0.29, 0.717) is 11.6 Å². The van der Waals surface area contributed by atoms with Gasteiger partial charge in [-0.3, -0.25) is 0 Å². The van der Waals surface area contributed by atoms with Crippen LogP contribution in [0.1, 0.15) is 12.5 Å². The van der Waals surface area contributed by atoms with Gasteiger partial charge in [0.25, 0.3) is 0 Å². The number of fused-ring (bicyclic) bond motifs is 1. The Kier molecular flexibility index (Phi) is 2.46. The summed E-state index contributed by atoms with van der Waals surface area (Å²) in [5.41, 5.74) is 7.88. The maximum Gasteiger partial charge on any atom is 0.221 e. The monoisotopic (exact) mass is 202 g/mol. The minimum absolute atomic E-state index is 0.634. The normalized spacial score (nSPS) is 10.5. The van der Waals surface area contributed by atoms with Gasteiger partial charge in [-0.1, -0.05) is 19.1 Å². The zero-order valence-electron chi connectivity index (χ0n) is 8.95. The minimum atomic E-state index is 0.634. The summed E-state index contributed by atoms with van der Waals surface area (Å²) in [6, 6.07) is 6.07. The van der Waals surface area contributed by atoms with E-state index in [4.69, 9.17) is 10.5 Å². The number of hydrogen-bond acceptors (Lipinski definition) is 3. The van der Waals surface area contributed by atoms with Crippen LogP contribution in [-0.2, 0) is 6.42 Å². The molecule has 78 valence electrons. The molecule has 0 aliphatic carbocycles. The molecule has 2 aromatic rings. The van der Waals surface area contributed by atoms with Gasteiger partial charge in [0.05, 0.1) is 19.0 Å². The average molecular weight is 202 g/mol. The van der Waals surface area contributed by atoms with Crippen LogP contribution < -0.4 is 10.5 Å². The molecule has 0 bridgehead atoms. The molecule has 3 heteroatoms. The highest BCUT2D eigenvalue weighted by molar-refractivity contribution is 5.98. The molecule has 0 unspecified atom stereocenters. The highest BCUT2D eigenvalue weighted by Crippen LogP contribution is 2.30. The molecule has 0 aliphatic heterocycles. The Bertz CT molecular complexity index is 494. The van der Waals surface area contributed by atoms with Crippen LogP contribution in [0.25, 0.3) is 10.8 Å². The van der Waals surface area contributed by atoms with Crippen LogP contribution in [0.2, 0.25) is 0 Å². The maximum absolute atomic E-state index is 5.94. The van der Waals surface area contributed by atoms with Crippen molar-refractivity contribution in [3.8, 4) is 5.88 Å². The zero-order valence-corrected chi connectivity index (χ0v) is 8.95. The second-order valence-corrected chi connectivity index (χ2v) is 3.42. The Balaban J connectivity index is 2.86. The lowest BCUT2D eigenvalue weighted by Crippen LogP contribution is -1.96. The Hall–Kier alpha value is -1.77. The van der Waals surface area contributed by atoms with E-state index in [1.165, 1.54) is 5.56 Å². The number of methoxy groups -OCH3 is 1. The summed E-state index contributed by atoms with van der Waals surface area (Å²) in [5.74, 6) is 0.634. The van der Waals surface area contributed by atoms with Crippen LogP contribution in [0.15, 0.2) is 24.4 Å². The topological polar surface area (TPSA) is 48.1 Å². The molecule has 0 fully saturated rings. The SMILES string of the molecule is CCc1cccc2c(OC)ncc(N)c12. The highest BCUT2D eigenvalue weighted by atomic mass is 16.5. The molecule has 0 atom stereocenters. The molecule has 0 aliphatic rings. The molecule has 0 saturated carbocycles. The van der Waals surface area contributed by atoms with Crippen molar-refractivity contribution >= 4 is 16.5 Å². The van der Waals surface area contributed by atoms with Gasteiger partial charge in [0.1, 0.15) is 0 Å². The van der Waals surface area contributed by atoms with Crippen LogP contribution >= 0.6 is 0 Å². The molecule has 2 rings (SSSR count). The van der Waals surface area contributed by atoms with Crippen LogP contribution in [0.3, 0.4) is 0 Å². The summed E-state index contributed by atoms with van der Waals surface area (Å²) in [5, 5.41) is 2.05. The number of ether oxygens (including phenoxy) is 1. The van der Waals surface area contributed by atoms with Crippen LogP contribution in [0, 0.1) is 0 Å². The third-order valence-corrected chi connectivity index (χ3v) is 2.56. The minimum Gasteiger partial charge on any atom is -0.481 e. The van der Waals surface area contributed by atoms with Gasteiger partial charge in [0.15, 0.2) is 0 Å². The molecule has 1 aromatic carbocycles. The third-order valence-electron chi connectivity index (χ3n) is 2.56. The van der Waals surface area contributed by atoms with Crippen molar-refractivity contribution in [3.05, 3.63) is 30.0 Å². The van der Waals surface area contributed by atoms with Crippen LogP contribution in [0.5, 0.6) is 5.88 Å². The van der Waals surface area contributed by atoms with Crippen molar-refractivity contribution in [2.45, 2.75) is 13.3 Å². The summed E-state index contributed by atoms with van der Waals surface area (Å²) in [4.78, 5) is 4.15. The van der Waals surface area contributed by atoms with Crippen molar-refractivity contribution in [2.75, 3.05) is 12.8 Å². The lowest BCUT2D eigenvalue weighted by molar-refractivity contribution is 0.403. The van der Waals surface area contributed by atoms with Gasteiger partial charge < -0.3 is 10.5 Å². The number of benzene rings is 1. The third kappa shape index (κ3) is 1.50. The Morgan fingerprint density at radius 3 is 2.87 bits per heavy atom. The number of aromatic nitrogens is 1. The smallest absolute Gasteiger partial charge is 0.221 e. The summed E-state index contributed by atoms with van der Waals surface area (Å²) >= 11 is 0. The number of aryl methyl sites for hydroxylation is 1. The van der Waals surface area contributed by atoms with Crippen LogP contribution in [0.4, 0.5) is 5.69 Å². The first-order valence-corrected chi connectivity index (χ1v) is 4.98. The van der Waals surface area contributed by atoms with Crippen molar-refractivity contribution < 1.29 is 4.74 Å². The van der Waals surface area contributed by atoms with E-state index in [0.717, 1.165) is 17.2 Å². The van der Waals surface area contributed by atoms with E-state index in [1.807, 2.05) is 12.1 Å². The molecular weight excluding hydrogens is 188 g/mol. The molecule has 2 N–H and O–H groups in total. The van der Waals surface area contributed by atoms with E-state index in [9.17, 15) is 0 Å². The fourth-order valence-electron chi connectivity index (χ4n) is 1.84. The van der Waals surface area contributed by atoms with Crippen molar-refractivity contribution in [3.63, 3.8) is 0 Å². The van der Waals surface area contributed by atoms with E-state index in [1.54, 1.807) is 13.3 Å². The summed E-state index contributed by atoms with van der Waals surface area (Å²) in [6.07, 6.45) is 2.61. The standard InChI is InChI=1S/C12H14N2O/c1-3-8-5-4-6-9-11(8)10(13)7-14-12(9)15-2/h4-7H,3,13H2,1-2H3.